The minimum atomic E-state index is 0.182. The maximum absolute atomic E-state index is 11.7. The molecule has 0 saturated carbocycles. The predicted octanol–water partition coefficient (Wildman–Crippen LogP) is 1.96. The van der Waals surface area contributed by atoms with Crippen molar-refractivity contribution in [2.45, 2.75) is 26.2 Å². The van der Waals surface area contributed by atoms with E-state index >= 15 is 0 Å². The lowest BCUT2D eigenvalue weighted by Gasteiger charge is -2.29. The summed E-state index contributed by atoms with van der Waals surface area (Å²) in [6, 6.07) is 5.83. The summed E-state index contributed by atoms with van der Waals surface area (Å²) in [5, 5.41) is 0. The Kier molecular flexibility index (Phi) is 2.62. The third-order valence-electron chi connectivity index (χ3n) is 2.83. The van der Waals surface area contributed by atoms with Gasteiger partial charge in [-0.15, -0.1) is 0 Å². The van der Waals surface area contributed by atoms with Crippen LogP contribution in [0.4, 0.5) is 11.4 Å². The minimum absolute atomic E-state index is 0.182. The van der Waals surface area contributed by atoms with E-state index in [1.165, 1.54) is 5.56 Å². The van der Waals surface area contributed by atoms with Gasteiger partial charge in [-0.05, 0) is 30.5 Å². The van der Waals surface area contributed by atoms with Gasteiger partial charge >= 0.3 is 0 Å². The van der Waals surface area contributed by atoms with E-state index in [0.29, 0.717) is 6.42 Å². The molecule has 80 valence electrons. The maximum atomic E-state index is 11.7. The first-order valence-corrected chi connectivity index (χ1v) is 5.41. The van der Waals surface area contributed by atoms with E-state index < -0.39 is 0 Å². The average Bonchev–Trinajstić information content (AvgIpc) is 2.27. The summed E-state index contributed by atoms with van der Waals surface area (Å²) in [7, 11) is 0. The van der Waals surface area contributed by atoms with Crippen molar-refractivity contribution in [3.8, 4) is 0 Å². The number of rotatable bonds is 1. The van der Waals surface area contributed by atoms with Crippen LogP contribution in [0, 0.1) is 0 Å². The van der Waals surface area contributed by atoms with Crippen LogP contribution in [-0.4, -0.2) is 12.5 Å². The van der Waals surface area contributed by atoms with Crippen molar-refractivity contribution in [3.05, 3.63) is 23.8 Å². The summed E-state index contributed by atoms with van der Waals surface area (Å²) < 4.78 is 0. The van der Waals surface area contributed by atoms with Crippen molar-refractivity contribution in [2.75, 3.05) is 17.2 Å². The molecule has 0 saturated heterocycles. The molecule has 1 amide bonds. The van der Waals surface area contributed by atoms with Crippen LogP contribution < -0.4 is 10.6 Å². The quantitative estimate of drug-likeness (QED) is 0.711. The highest BCUT2D eigenvalue weighted by molar-refractivity contribution is 5.94. The fourth-order valence-electron chi connectivity index (χ4n) is 2.04. The van der Waals surface area contributed by atoms with Crippen LogP contribution in [0.3, 0.4) is 0 Å². The zero-order chi connectivity index (χ0) is 10.8. The van der Waals surface area contributed by atoms with Crippen molar-refractivity contribution in [1.29, 1.82) is 0 Å². The van der Waals surface area contributed by atoms with Crippen molar-refractivity contribution in [1.82, 2.24) is 0 Å². The molecule has 0 spiro atoms. The van der Waals surface area contributed by atoms with E-state index in [4.69, 9.17) is 5.73 Å². The molecule has 0 fully saturated rings. The van der Waals surface area contributed by atoms with Crippen molar-refractivity contribution in [3.63, 3.8) is 0 Å². The van der Waals surface area contributed by atoms with E-state index in [0.717, 1.165) is 30.8 Å². The summed E-state index contributed by atoms with van der Waals surface area (Å²) in [6.45, 7) is 2.71. The molecule has 15 heavy (non-hydrogen) atoms. The van der Waals surface area contributed by atoms with Crippen LogP contribution in [0.5, 0.6) is 0 Å². The molecule has 2 rings (SSSR count). The molecule has 1 aromatic carbocycles. The Morgan fingerprint density at radius 2 is 2.33 bits per heavy atom. The zero-order valence-corrected chi connectivity index (χ0v) is 8.99. The number of nitrogen functional groups attached to an aromatic ring is 1. The van der Waals surface area contributed by atoms with E-state index in [1.807, 2.05) is 30.0 Å². The van der Waals surface area contributed by atoms with Gasteiger partial charge < -0.3 is 10.6 Å². The number of hydrogen-bond donors (Lipinski definition) is 1. The number of aryl methyl sites for hydroxylation is 1. The minimum Gasteiger partial charge on any atom is -0.399 e. The maximum Gasteiger partial charge on any atom is 0.226 e. The molecule has 0 aromatic heterocycles. The van der Waals surface area contributed by atoms with E-state index in [-0.39, 0.29) is 5.91 Å². The molecule has 2 N–H and O–H groups in total. The molecular formula is C12H16N2O. The van der Waals surface area contributed by atoms with Crippen LogP contribution in [0.1, 0.15) is 25.3 Å². The lowest BCUT2D eigenvalue weighted by molar-refractivity contribution is -0.118. The number of benzene rings is 1. The van der Waals surface area contributed by atoms with Gasteiger partial charge in [-0.2, -0.15) is 0 Å². The third kappa shape index (κ3) is 1.82. The Morgan fingerprint density at radius 3 is 3.07 bits per heavy atom. The van der Waals surface area contributed by atoms with Gasteiger partial charge in [0.25, 0.3) is 0 Å². The van der Waals surface area contributed by atoms with E-state index in [1.54, 1.807) is 0 Å². The first-order valence-electron chi connectivity index (χ1n) is 5.41. The van der Waals surface area contributed by atoms with Crippen LogP contribution in [0.2, 0.25) is 0 Å². The smallest absolute Gasteiger partial charge is 0.226 e. The van der Waals surface area contributed by atoms with Gasteiger partial charge in [-0.25, -0.2) is 0 Å². The number of nitrogens with zero attached hydrogens (tertiary/aromatic N) is 1. The highest BCUT2D eigenvalue weighted by Gasteiger charge is 2.20. The van der Waals surface area contributed by atoms with Gasteiger partial charge in [0.1, 0.15) is 0 Å². The van der Waals surface area contributed by atoms with Gasteiger partial charge in [0.15, 0.2) is 0 Å². The molecule has 1 aliphatic heterocycles. The molecule has 0 atom stereocenters. The van der Waals surface area contributed by atoms with Gasteiger partial charge in [0.2, 0.25) is 5.91 Å². The number of amides is 1. The van der Waals surface area contributed by atoms with Crippen molar-refractivity contribution >= 4 is 17.3 Å². The first kappa shape index (κ1) is 10.0. The number of fused-ring (bicyclic) bond motifs is 1. The van der Waals surface area contributed by atoms with Crippen LogP contribution in [0.25, 0.3) is 0 Å². The molecule has 3 heteroatoms. The van der Waals surface area contributed by atoms with Crippen molar-refractivity contribution in [2.24, 2.45) is 0 Å². The number of hydrogen-bond acceptors (Lipinski definition) is 2. The second-order valence-electron chi connectivity index (χ2n) is 3.89. The molecule has 0 radical (unpaired) electrons. The van der Waals surface area contributed by atoms with Gasteiger partial charge in [-0.3, -0.25) is 4.79 Å². The summed E-state index contributed by atoms with van der Waals surface area (Å²) in [5.41, 5.74) is 8.72. The topological polar surface area (TPSA) is 46.3 Å². The Labute approximate surface area is 89.9 Å². The predicted molar refractivity (Wildman–Crippen MR) is 61.8 cm³/mol. The summed E-state index contributed by atoms with van der Waals surface area (Å²) >= 11 is 0. The van der Waals surface area contributed by atoms with Gasteiger partial charge in [0.05, 0.1) is 0 Å². The number of carbonyl (C=O) groups excluding carboxylic acids is 1. The monoisotopic (exact) mass is 204 g/mol. The molecule has 1 heterocycles. The summed E-state index contributed by atoms with van der Waals surface area (Å²) in [4.78, 5) is 13.6. The molecular weight excluding hydrogens is 188 g/mol. The van der Waals surface area contributed by atoms with Crippen LogP contribution in [-0.2, 0) is 11.2 Å². The Bertz CT molecular complexity index is 387. The van der Waals surface area contributed by atoms with Gasteiger partial charge in [-0.1, -0.05) is 13.0 Å². The lowest BCUT2D eigenvalue weighted by Crippen LogP contribution is -2.34. The fraction of sp³-hybridized carbons (Fsp3) is 0.417. The second-order valence-corrected chi connectivity index (χ2v) is 3.89. The summed E-state index contributed by atoms with van der Waals surface area (Å²) in [5.74, 6) is 0.182. The normalized spacial score (nSPS) is 14.9. The molecule has 0 bridgehead atoms. The molecule has 1 aromatic rings. The summed E-state index contributed by atoms with van der Waals surface area (Å²) in [6.07, 6.45) is 2.64. The van der Waals surface area contributed by atoms with E-state index in [9.17, 15) is 4.79 Å². The highest BCUT2D eigenvalue weighted by atomic mass is 16.2. The first-order chi connectivity index (χ1) is 7.22. The Balaban J connectivity index is 2.40. The Hall–Kier alpha value is -1.51. The van der Waals surface area contributed by atoms with E-state index in [2.05, 4.69) is 0 Å². The molecule has 3 nitrogen and oxygen atoms in total. The fourth-order valence-corrected chi connectivity index (χ4v) is 2.04. The number of carbonyl (C=O) groups is 1. The number of nitrogens with two attached hydrogens (primary N) is 1. The second kappa shape index (κ2) is 3.93. The molecule has 0 aliphatic carbocycles. The van der Waals surface area contributed by atoms with Crippen LogP contribution in [0.15, 0.2) is 18.2 Å². The SMILES string of the molecule is CCC(=O)N1CCCc2ccc(N)cc21. The Morgan fingerprint density at radius 1 is 1.53 bits per heavy atom. The van der Waals surface area contributed by atoms with Crippen molar-refractivity contribution < 1.29 is 4.79 Å². The van der Waals surface area contributed by atoms with Gasteiger partial charge in [0, 0.05) is 24.3 Å². The average molecular weight is 204 g/mol. The third-order valence-corrected chi connectivity index (χ3v) is 2.83. The highest BCUT2D eigenvalue weighted by Crippen LogP contribution is 2.29. The molecule has 1 aliphatic rings. The zero-order valence-electron chi connectivity index (χ0n) is 8.99. The standard InChI is InChI=1S/C12H16N2O/c1-2-12(15)14-7-3-4-9-5-6-10(13)8-11(9)14/h5-6,8H,2-4,7,13H2,1H3. The molecule has 0 unspecified atom stereocenters. The number of anilines is 2. The van der Waals surface area contributed by atoms with Crippen LogP contribution >= 0.6 is 0 Å². The largest absolute Gasteiger partial charge is 0.399 e. The lowest BCUT2D eigenvalue weighted by atomic mass is 10.0.